The Bertz CT molecular complexity index is 891. The number of rotatable bonds is 6. The molecule has 0 fully saturated rings. The van der Waals surface area contributed by atoms with Crippen molar-refractivity contribution in [3.8, 4) is 11.5 Å². The number of amides is 3. The standard InChI is InChI=1S/C20H23N3O5/c1-12(24)21-14-8-6-13(7-9-14)19(25)22-16-11-18(28-5)17(27-4)10-15(16)20(26)23(2)3/h6-11H,1-5H3,(H,21,24)(H,22,25). The summed E-state index contributed by atoms with van der Waals surface area (Å²) in [5.41, 5.74) is 1.52. The Balaban J connectivity index is 2.36. The van der Waals surface area contributed by atoms with Gasteiger partial charge in [0.25, 0.3) is 11.8 Å². The predicted molar refractivity (Wildman–Crippen MR) is 106 cm³/mol. The zero-order valence-corrected chi connectivity index (χ0v) is 16.5. The number of carbonyl (C=O) groups is 3. The highest BCUT2D eigenvalue weighted by Gasteiger charge is 2.20. The molecule has 8 heteroatoms. The molecule has 0 unspecified atom stereocenters. The summed E-state index contributed by atoms with van der Waals surface area (Å²) in [6.45, 7) is 1.40. The fraction of sp³-hybridized carbons (Fsp3) is 0.250. The Hall–Kier alpha value is -3.55. The Labute approximate surface area is 163 Å². The van der Waals surface area contributed by atoms with Crippen LogP contribution in [0.25, 0.3) is 0 Å². The van der Waals surface area contributed by atoms with Crippen molar-refractivity contribution >= 4 is 29.1 Å². The highest BCUT2D eigenvalue weighted by atomic mass is 16.5. The summed E-state index contributed by atoms with van der Waals surface area (Å²) >= 11 is 0. The van der Waals surface area contributed by atoms with Gasteiger partial charge in [0, 0.05) is 38.3 Å². The van der Waals surface area contributed by atoms with Crippen LogP contribution in [0.3, 0.4) is 0 Å². The van der Waals surface area contributed by atoms with E-state index in [1.807, 2.05) is 0 Å². The van der Waals surface area contributed by atoms with Crippen molar-refractivity contribution in [1.29, 1.82) is 0 Å². The van der Waals surface area contributed by atoms with Crippen molar-refractivity contribution in [1.82, 2.24) is 4.90 Å². The average molecular weight is 385 g/mol. The van der Waals surface area contributed by atoms with Crippen LogP contribution in [0, 0.1) is 0 Å². The van der Waals surface area contributed by atoms with E-state index in [2.05, 4.69) is 10.6 Å². The first kappa shape index (κ1) is 20.8. The summed E-state index contributed by atoms with van der Waals surface area (Å²) in [5.74, 6) is -0.138. The molecule has 0 atom stereocenters. The van der Waals surface area contributed by atoms with Crippen molar-refractivity contribution in [2.24, 2.45) is 0 Å². The maximum atomic E-state index is 12.7. The maximum absolute atomic E-state index is 12.7. The molecule has 0 saturated carbocycles. The first-order chi connectivity index (χ1) is 13.3. The molecule has 2 N–H and O–H groups in total. The van der Waals surface area contributed by atoms with Crippen LogP contribution in [-0.2, 0) is 4.79 Å². The van der Waals surface area contributed by atoms with Gasteiger partial charge in [0.1, 0.15) is 0 Å². The van der Waals surface area contributed by atoms with Crippen LogP contribution in [-0.4, -0.2) is 50.9 Å². The smallest absolute Gasteiger partial charge is 0.255 e. The predicted octanol–water partition coefficient (Wildman–Crippen LogP) is 2.62. The van der Waals surface area contributed by atoms with E-state index in [0.29, 0.717) is 28.4 Å². The van der Waals surface area contributed by atoms with Crippen molar-refractivity contribution in [3.05, 3.63) is 47.5 Å². The second kappa shape index (κ2) is 8.90. The van der Waals surface area contributed by atoms with Gasteiger partial charge < -0.3 is 25.0 Å². The van der Waals surface area contributed by atoms with Gasteiger partial charge in [-0.15, -0.1) is 0 Å². The number of carbonyl (C=O) groups excluding carboxylic acids is 3. The number of hydrogen-bond donors (Lipinski definition) is 2. The monoisotopic (exact) mass is 385 g/mol. The van der Waals surface area contributed by atoms with E-state index in [-0.39, 0.29) is 17.4 Å². The number of hydrogen-bond acceptors (Lipinski definition) is 5. The second-order valence-corrected chi connectivity index (χ2v) is 6.17. The van der Waals surface area contributed by atoms with Crippen molar-refractivity contribution in [2.75, 3.05) is 38.9 Å². The molecule has 2 aromatic rings. The molecule has 0 aromatic heterocycles. The Morgan fingerprint density at radius 1 is 0.893 bits per heavy atom. The molecule has 3 amide bonds. The maximum Gasteiger partial charge on any atom is 0.255 e. The van der Waals surface area contributed by atoms with Crippen molar-refractivity contribution < 1.29 is 23.9 Å². The van der Waals surface area contributed by atoms with E-state index in [1.165, 1.54) is 32.1 Å². The van der Waals surface area contributed by atoms with Crippen molar-refractivity contribution in [3.63, 3.8) is 0 Å². The fourth-order valence-corrected chi connectivity index (χ4v) is 2.50. The topological polar surface area (TPSA) is 97.0 Å². The largest absolute Gasteiger partial charge is 0.493 e. The second-order valence-electron chi connectivity index (χ2n) is 6.17. The molecule has 0 aliphatic heterocycles. The van der Waals surface area contributed by atoms with E-state index in [1.54, 1.807) is 44.4 Å². The first-order valence-corrected chi connectivity index (χ1v) is 8.43. The third-order valence-corrected chi connectivity index (χ3v) is 3.88. The van der Waals surface area contributed by atoms with E-state index < -0.39 is 5.91 Å². The lowest BCUT2D eigenvalue weighted by atomic mass is 10.1. The third kappa shape index (κ3) is 4.79. The summed E-state index contributed by atoms with van der Waals surface area (Å²) in [5, 5.41) is 5.37. The minimum atomic E-state index is -0.408. The zero-order chi connectivity index (χ0) is 20.8. The average Bonchev–Trinajstić information content (AvgIpc) is 2.66. The van der Waals surface area contributed by atoms with Gasteiger partial charge in [-0.1, -0.05) is 0 Å². The van der Waals surface area contributed by atoms with E-state index in [4.69, 9.17) is 9.47 Å². The lowest BCUT2D eigenvalue weighted by Crippen LogP contribution is -2.24. The minimum absolute atomic E-state index is 0.200. The van der Waals surface area contributed by atoms with Crippen LogP contribution in [0.1, 0.15) is 27.6 Å². The molecule has 0 aliphatic rings. The van der Waals surface area contributed by atoms with Gasteiger partial charge in [-0.2, -0.15) is 0 Å². The van der Waals surface area contributed by atoms with E-state index >= 15 is 0 Å². The van der Waals surface area contributed by atoms with Gasteiger partial charge in [0.05, 0.1) is 25.5 Å². The number of anilines is 2. The summed E-state index contributed by atoms with van der Waals surface area (Å²) in [4.78, 5) is 37.7. The molecule has 0 radical (unpaired) electrons. The molecule has 2 rings (SSSR count). The normalized spacial score (nSPS) is 10.0. The SMILES string of the molecule is COc1cc(NC(=O)c2ccc(NC(C)=O)cc2)c(C(=O)N(C)C)cc1OC. The molecular weight excluding hydrogens is 362 g/mol. The Morgan fingerprint density at radius 3 is 1.96 bits per heavy atom. The number of methoxy groups -OCH3 is 2. The summed E-state index contributed by atoms with van der Waals surface area (Å²) < 4.78 is 10.5. The van der Waals surface area contributed by atoms with Gasteiger partial charge in [0.15, 0.2) is 11.5 Å². The van der Waals surface area contributed by atoms with Crippen LogP contribution >= 0.6 is 0 Å². The lowest BCUT2D eigenvalue weighted by molar-refractivity contribution is -0.114. The molecule has 148 valence electrons. The van der Waals surface area contributed by atoms with Gasteiger partial charge in [-0.3, -0.25) is 14.4 Å². The molecule has 0 saturated heterocycles. The molecule has 0 spiro atoms. The molecular formula is C20H23N3O5. The lowest BCUT2D eigenvalue weighted by Gasteiger charge is -2.18. The van der Waals surface area contributed by atoms with Gasteiger partial charge in [-0.05, 0) is 30.3 Å². The number of ether oxygens (including phenoxy) is 2. The molecule has 2 aromatic carbocycles. The molecule has 0 heterocycles. The quantitative estimate of drug-likeness (QED) is 0.797. The number of nitrogens with zero attached hydrogens (tertiary/aromatic N) is 1. The highest BCUT2D eigenvalue weighted by molar-refractivity contribution is 6.09. The molecule has 8 nitrogen and oxygen atoms in total. The van der Waals surface area contributed by atoms with Gasteiger partial charge in [0.2, 0.25) is 5.91 Å². The first-order valence-electron chi connectivity index (χ1n) is 8.43. The van der Waals surface area contributed by atoms with Crippen LogP contribution in [0.4, 0.5) is 11.4 Å². The minimum Gasteiger partial charge on any atom is -0.493 e. The highest BCUT2D eigenvalue weighted by Crippen LogP contribution is 2.34. The number of benzene rings is 2. The van der Waals surface area contributed by atoms with Crippen LogP contribution in [0.15, 0.2) is 36.4 Å². The Morgan fingerprint density at radius 2 is 1.46 bits per heavy atom. The number of nitrogens with one attached hydrogen (secondary N) is 2. The van der Waals surface area contributed by atoms with Crippen LogP contribution in [0.2, 0.25) is 0 Å². The van der Waals surface area contributed by atoms with Crippen LogP contribution < -0.4 is 20.1 Å². The van der Waals surface area contributed by atoms with E-state index in [0.717, 1.165) is 0 Å². The van der Waals surface area contributed by atoms with Crippen LogP contribution in [0.5, 0.6) is 11.5 Å². The van der Waals surface area contributed by atoms with Crippen molar-refractivity contribution in [2.45, 2.75) is 6.92 Å². The summed E-state index contributed by atoms with van der Waals surface area (Å²) in [7, 11) is 6.17. The fourth-order valence-electron chi connectivity index (χ4n) is 2.50. The third-order valence-electron chi connectivity index (χ3n) is 3.88. The molecule has 28 heavy (non-hydrogen) atoms. The van der Waals surface area contributed by atoms with Gasteiger partial charge >= 0.3 is 0 Å². The molecule has 0 aliphatic carbocycles. The Kier molecular flexibility index (Phi) is 6.59. The van der Waals surface area contributed by atoms with Gasteiger partial charge in [-0.25, -0.2) is 0 Å². The van der Waals surface area contributed by atoms with E-state index in [9.17, 15) is 14.4 Å². The zero-order valence-electron chi connectivity index (χ0n) is 16.5. The summed E-state index contributed by atoms with van der Waals surface area (Å²) in [6.07, 6.45) is 0. The molecule has 0 bridgehead atoms. The summed E-state index contributed by atoms with van der Waals surface area (Å²) in [6, 6.07) is 9.47.